The Kier molecular flexibility index (Phi) is 10.3. The van der Waals surface area contributed by atoms with E-state index in [2.05, 4.69) is 5.09 Å². The second kappa shape index (κ2) is 13.2. The molecule has 1 aromatic carbocycles. The number of rotatable bonds is 12. The molecule has 41 heavy (non-hydrogen) atoms. The number of amides is 1. The molecule has 0 saturated carbocycles. The first kappa shape index (κ1) is 32.1. The Bertz CT molecular complexity index is 1220. The number of nitrogens with two attached hydrogens (primary N) is 1. The average Bonchev–Trinajstić information content (AvgIpc) is 3.41. The lowest BCUT2D eigenvalue weighted by Gasteiger charge is -2.31. The maximum absolute atomic E-state index is 13.9. The lowest BCUT2D eigenvalue weighted by atomic mass is 9.99. The molecule has 5 atom stereocenters. The summed E-state index contributed by atoms with van der Waals surface area (Å²) < 4.78 is 44.2. The number of ether oxygens (including phenoxy) is 3. The topological polar surface area (TPSA) is 142 Å². The molecule has 0 aromatic heterocycles. The number of primary amides is 1. The first-order valence-electron chi connectivity index (χ1n) is 13.6. The van der Waals surface area contributed by atoms with Crippen LogP contribution in [0.5, 0.6) is 0 Å². The van der Waals surface area contributed by atoms with Crippen molar-refractivity contribution in [2.24, 2.45) is 11.1 Å². The van der Waals surface area contributed by atoms with Gasteiger partial charge in [0.05, 0.1) is 18.3 Å². The van der Waals surface area contributed by atoms with Crippen LogP contribution in [0.15, 0.2) is 54.4 Å². The van der Waals surface area contributed by atoms with Crippen LogP contribution in [0, 0.1) is 5.41 Å². The van der Waals surface area contributed by atoms with Gasteiger partial charge in [0.2, 0.25) is 5.91 Å². The van der Waals surface area contributed by atoms with Crippen molar-refractivity contribution in [2.45, 2.75) is 77.9 Å². The predicted octanol–water partition coefficient (Wildman–Crippen LogP) is 3.95. The van der Waals surface area contributed by atoms with Gasteiger partial charge >= 0.3 is 7.75 Å². The zero-order valence-electron chi connectivity index (χ0n) is 24.2. The SMILES string of the molecule is CC1(C)OC2C(COP(=O)(NCc3ccccc3)OCC[SH]=C(O)C(C)(C)C)OC(N3C=CCC(C(N)=O)=C3)C2O1. The van der Waals surface area contributed by atoms with Crippen molar-refractivity contribution >= 4 is 30.1 Å². The number of aliphatic hydroxyl groups is 1. The van der Waals surface area contributed by atoms with Gasteiger partial charge in [-0.05, 0) is 25.8 Å². The van der Waals surface area contributed by atoms with Crippen LogP contribution in [0.3, 0.4) is 0 Å². The van der Waals surface area contributed by atoms with Gasteiger partial charge in [-0.2, -0.15) is 11.4 Å². The summed E-state index contributed by atoms with van der Waals surface area (Å²) in [5, 5.41) is 13.6. The summed E-state index contributed by atoms with van der Waals surface area (Å²) >= 11 is 0.695. The van der Waals surface area contributed by atoms with E-state index in [9.17, 15) is 14.5 Å². The summed E-state index contributed by atoms with van der Waals surface area (Å²) in [5.74, 6) is -0.938. The van der Waals surface area contributed by atoms with Gasteiger partial charge in [0.25, 0.3) is 0 Å². The highest BCUT2D eigenvalue weighted by molar-refractivity contribution is 7.98. The largest absolute Gasteiger partial charge is 0.405 e. The van der Waals surface area contributed by atoms with Gasteiger partial charge in [0, 0.05) is 35.7 Å². The fourth-order valence-corrected chi connectivity index (χ4v) is 6.89. The quantitative estimate of drug-likeness (QED) is 0.119. The number of nitrogens with one attached hydrogen (secondary N) is 1. The third-order valence-electron chi connectivity index (χ3n) is 6.67. The zero-order valence-corrected chi connectivity index (χ0v) is 26.0. The Balaban J connectivity index is 1.46. The van der Waals surface area contributed by atoms with E-state index in [1.165, 1.54) is 0 Å². The van der Waals surface area contributed by atoms with E-state index in [0.717, 1.165) is 5.56 Å². The fraction of sp³-hybridized carbons (Fsp3) is 0.571. The molecule has 4 rings (SSSR count). The normalized spacial score (nSPS) is 27.6. The second-order valence-corrected chi connectivity index (χ2v) is 14.6. The molecule has 3 aliphatic heterocycles. The second-order valence-electron chi connectivity index (χ2n) is 11.6. The molecule has 0 spiro atoms. The maximum atomic E-state index is 13.9. The molecule has 5 unspecified atom stereocenters. The summed E-state index contributed by atoms with van der Waals surface area (Å²) in [6, 6.07) is 9.52. The van der Waals surface area contributed by atoms with Crippen LogP contribution in [0.2, 0.25) is 0 Å². The van der Waals surface area contributed by atoms with Gasteiger partial charge in [-0.25, -0.2) is 9.65 Å². The van der Waals surface area contributed by atoms with Gasteiger partial charge < -0.3 is 30.0 Å². The lowest BCUT2D eigenvalue weighted by molar-refractivity contribution is -0.201. The molecule has 13 heteroatoms. The number of carbonyl (C=O) groups is 1. The highest BCUT2D eigenvalue weighted by atomic mass is 32.1. The molecule has 228 valence electrons. The van der Waals surface area contributed by atoms with Crippen molar-refractivity contribution in [1.82, 2.24) is 9.99 Å². The zero-order chi connectivity index (χ0) is 29.8. The van der Waals surface area contributed by atoms with E-state index in [0.29, 0.717) is 34.1 Å². The van der Waals surface area contributed by atoms with Crippen LogP contribution in [-0.4, -0.2) is 70.3 Å². The number of allylic oxidation sites excluding steroid dienone is 1. The monoisotopic (exact) mass is 611 g/mol. The Morgan fingerprint density at radius 1 is 1.22 bits per heavy atom. The first-order valence-corrected chi connectivity index (χ1v) is 16.3. The van der Waals surface area contributed by atoms with E-state index in [1.54, 1.807) is 11.1 Å². The van der Waals surface area contributed by atoms with Crippen molar-refractivity contribution in [3.63, 3.8) is 0 Å². The fourth-order valence-electron chi connectivity index (χ4n) is 4.57. The molecule has 2 fully saturated rings. The highest BCUT2D eigenvalue weighted by Gasteiger charge is 2.57. The number of nitrogens with zero attached hydrogens (tertiary/aromatic N) is 1. The van der Waals surface area contributed by atoms with E-state index in [4.69, 9.17) is 29.0 Å². The Morgan fingerprint density at radius 3 is 2.61 bits per heavy atom. The van der Waals surface area contributed by atoms with Gasteiger partial charge in [-0.1, -0.05) is 57.2 Å². The summed E-state index contributed by atoms with van der Waals surface area (Å²) in [4.78, 5) is 13.5. The van der Waals surface area contributed by atoms with E-state index in [1.807, 2.05) is 77.2 Å². The highest BCUT2D eigenvalue weighted by Crippen LogP contribution is 2.47. The number of carbonyl (C=O) groups excluding carboxylic acids is 1. The number of benzene rings is 1. The molecule has 4 N–H and O–H groups in total. The molecule has 2 saturated heterocycles. The summed E-state index contributed by atoms with van der Waals surface area (Å²) in [7, 11) is -3.80. The van der Waals surface area contributed by atoms with Crippen molar-refractivity contribution in [2.75, 3.05) is 19.0 Å². The van der Waals surface area contributed by atoms with Crippen LogP contribution >= 0.6 is 19.1 Å². The smallest absolute Gasteiger partial charge is 0.366 e. The molecule has 3 aliphatic rings. The maximum Gasteiger partial charge on any atom is 0.405 e. The standard InChI is InChI=1S/C28H42N3O8PS/c1-27(2,3)26(33)41-15-14-35-40(34,30-16-19-10-7-6-8-11-19)36-18-21-22-23(39-28(4,5)38-22)25(37-21)31-13-9-12-20(17-31)24(29)32/h6-11,13,17,21-23,25,33,41H,12,14-16,18H2,1-5H3,(H2,29,32)(H,30,34). The van der Waals surface area contributed by atoms with Gasteiger partial charge in [0.15, 0.2) is 12.0 Å². The number of hydrogen-bond acceptors (Lipinski definition) is 8. The molecule has 0 bridgehead atoms. The van der Waals surface area contributed by atoms with Crippen molar-refractivity contribution in [3.05, 3.63) is 59.9 Å². The van der Waals surface area contributed by atoms with Gasteiger partial charge in [-0.15, -0.1) is 0 Å². The van der Waals surface area contributed by atoms with Crippen molar-refractivity contribution in [1.29, 1.82) is 0 Å². The van der Waals surface area contributed by atoms with Crippen LogP contribution < -0.4 is 10.8 Å². The minimum absolute atomic E-state index is 0.100. The average molecular weight is 612 g/mol. The molecule has 0 aliphatic carbocycles. The number of fused-ring (bicyclic) bond motifs is 1. The summed E-state index contributed by atoms with van der Waals surface area (Å²) in [6.07, 6.45) is 3.45. The van der Waals surface area contributed by atoms with Crippen molar-refractivity contribution < 1.29 is 37.7 Å². The Labute approximate surface area is 245 Å². The van der Waals surface area contributed by atoms with E-state index >= 15 is 0 Å². The van der Waals surface area contributed by atoms with Gasteiger partial charge in [0.1, 0.15) is 18.3 Å². The lowest BCUT2D eigenvalue weighted by Crippen LogP contribution is -2.40. The number of aliphatic hydroxyl groups excluding tert-OH is 1. The molecule has 0 radical (unpaired) electrons. The minimum atomic E-state index is -3.80. The number of hydrogen-bond donors (Lipinski definition) is 4. The third kappa shape index (κ3) is 8.59. The van der Waals surface area contributed by atoms with Gasteiger partial charge in [-0.3, -0.25) is 13.8 Å². The minimum Gasteiger partial charge on any atom is -0.366 e. The van der Waals surface area contributed by atoms with Crippen LogP contribution in [0.25, 0.3) is 0 Å². The van der Waals surface area contributed by atoms with E-state index < -0.39 is 44.0 Å². The molecular weight excluding hydrogens is 569 g/mol. The van der Waals surface area contributed by atoms with Crippen molar-refractivity contribution in [3.8, 4) is 0 Å². The predicted molar refractivity (Wildman–Crippen MR) is 159 cm³/mol. The third-order valence-corrected chi connectivity index (χ3v) is 9.60. The van der Waals surface area contributed by atoms with Crippen LogP contribution in [0.4, 0.5) is 0 Å². The Hall–Kier alpha value is -1.86. The van der Waals surface area contributed by atoms with Crippen LogP contribution in [0.1, 0.15) is 46.6 Å². The summed E-state index contributed by atoms with van der Waals surface area (Å²) in [6.45, 7) is 9.67. The molecule has 3 heterocycles. The molecule has 11 nitrogen and oxygen atoms in total. The first-order chi connectivity index (χ1) is 19.3. The summed E-state index contributed by atoms with van der Waals surface area (Å²) in [5.41, 5.74) is 6.51. The van der Waals surface area contributed by atoms with Crippen LogP contribution in [-0.2, 0) is 39.2 Å². The molecule has 1 amide bonds. The number of thiol groups is 1. The molecule has 1 aromatic rings. The molecular formula is C28H42N3O8PS. The van der Waals surface area contributed by atoms with E-state index in [-0.39, 0.29) is 25.2 Å². The Morgan fingerprint density at radius 2 is 1.93 bits per heavy atom.